The molecule has 2 aromatic heterocycles. The summed E-state index contributed by atoms with van der Waals surface area (Å²) < 4.78 is 4.16. The average molecular weight is 342 g/mol. The fourth-order valence-electron chi connectivity index (χ4n) is 3.35. The summed E-state index contributed by atoms with van der Waals surface area (Å²) in [7, 11) is 1.97. The molecule has 26 heavy (non-hydrogen) atoms. The number of benzene rings is 2. The third kappa shape index (κ3) is 2.73. The van der Waals surface area contributed by atoms with Crippen LogP contribution in [-0.2, 0) is 7.05 Å². The second-order valence-corrected chi connectivity index (χ2v) is 6.57. The first-order chi connectivity index (χ1) is 12.7. The summed E-state index contributed by atoms with van der Waals surface area (Å²) >= 11 is 0. The van der Waals surface area contributed by atoms with Gasteiger partial charge in [0.25, 0.3) is 0 Å². The molecule has 0 bridgehead atoms. The van der Waals surface area contributed by atoms with Gasteiger partial charge in [-0.3, -0.25) is 4.68 Å². The molecule has 0 saturated heterocycles. The van der Waals surface area contributed by atoms with Crippen molar-refractivity contribution < 1.29 is 0 Å². The minimum Gasteiger partial charge on any atom is -0.323 e. The van der Waals surface area contributed by atoms with E-state index >= 15 is 0 Å². The molecule has 4 heteroatoms. The molecular formula is C22H22N4. The highest BCUT2D eigenvalue weighted by Crippen LogP contribution is 2.36. The lowest BCUT2D eigenvalue weighted by Crippen LogP contribution is -2.07. The zero-order chi connectivity index (χ0) is 18.1. The van der Waals surface area contributed by atoms with E-state index < -0.39 is 0 Å². The highest BCUT2D eigenvalue weighted by molar-refractivity contribution is 5.79. The van der Waals surface area contributed by atoms with Gasteiger partial charge in [-0.2, -0.15) is 5.10 Å². The molecule has 4 nitrogen and oxygen atoms in total. The van der Waals surface area contributed by atoms with E-state index in [2.05, 4.69) is 72.0 Å². The predicted molar refractivity (Wildman–Crippen MR) is 105 cm³/mol. The second kappa shape index (κ2) is 6.64. The van der Waals surface area contributed by atoms with E-state index in [9.17, 15) is 0 Å². The molecule has 0 aliphatic heterocycles. The smallest absolute Gasteiger partial charge is 0.0964 e. The average Bonchev–Trinajstić information content (AvgIpc) is 3.26. The first kappa shape index (κ1) is 16.3. The van der Waals surface area contributed by atoms with Crippen LogP contribution in [0.15, 0.2) is 73.2 Å². The van der Waals surface area contributed by atoms with Crippen molar-refractivity contribution in [3.8, 4) is 22.5 Å². The highest BCUT2D eigenvalue weighted by atomic mass is 15.3. The standard InChI is InChI=1S/C22H22N4/c1-16(18-10-6-4-7-11-18)26-15-23-21(19-12-8-5-9-13-19)22(26)20-14-24-25(3)17(20)2/h4-16H,1-3H3/t16-/m1/s1. The molecule has 4 aromatic rings. The Balaban J connectivity index is 1.93. The van der Waals surface area contributed by atoms with E-state index in [1.807, 2.05) is 36.4 Å². The number of hydrogen-bond acceptors (Lipinski definition) is 2. The summed E-state index contributed by atoms with van der Waals surface area (Å²) in [5.74, 6) is 0. The lowest BCUT2D eigenvalue weighted by Gasteiger charge is -2.18. The molecule has 0 fully saturated rings. The van der Waals surface area contributed by atoms with Gasteiger partial charge in [-0.25, -0.2) is 4.98 Å². The normalized spacial score (nSPS) is 12.3. The molecule has 1 atom stereocenters. The zero-order valence-corrected chi connectivity index (χ0v) is 15.3. The summed E-state index contributed by atoms with van der Waals surface area (Å²) in [6.07, 6.45) is 3.88. The van der Waals surface area contributed by atoms with Gasteiger partial charge in [0.2, 0.25) is 0 Å². The SMILES string of the molecule is Cc1c(-c2c(-c3ccccc3)ncn2[C@H](C)c2ccccc2)cnn1C. The van der Waals surface area contributed by atoms with Crippen LogP contribution in [-0.4, -0.2) is 19.3 Å². The minimum atomic E-state index is 0.177. The van der Waals surface area contributed by atoms with Gasteiger partial charge in [0.15, 0.2) is 0 Å². The number of aryl methyl sites for hydroxylation is 1. The van der Waals surface area contributed by atoms with Crippen molar-refractivity contribution in [1.29, 1.82) is 0 Å². The molecule has 0 N–H and O–H groups in total. The van der Waals surface area contributed by atoms with Crippen LogP contribution in [0, 0.1) is 6.92 Å². The number of imidazole rings is 1. The molecule has 4 rings (SSSR count). The lowest BCUT2D eigenvalue weighted by molar-refractivity contribution is 0.644. The topological polar surface area (TPSA) is 35.6 Å². The Hall–Kier alpha value is -3.14. The van der Waals surface area contributed by atoms with Crippen molar-refractivity contribution in [1.82, 2.24) is 19.3 Å². The summed E-state index contributed by atoms with van der Waals surface area (Å²) in [4.78, 5) is 4.79. The monoisotopic (exact) mass is 342 g/mol. The van der Waals surface area contributed by atoms with Crippen LogP contribution in [0.1, 0.15) is 24.2 Å². The number of nitrogens with zero attached hydrogens (tertiary/aromatic N) is 4. The zero-order valence-electron chi connectivity index (χ0n) is 15.3. The second-order valence-electron chi connectivity index (χ2n) is 6.57. The maximum absolute atomic E-state index is 4.79. The van der Waals surface area contributed by atoms with E-state index in [1.54, 1.807) is 0 Å². The van der Waals surface area contributed by atoms with E-state index in [-0.39, 0.29) is 6.04 Å². The molecule has 0 radical (unpaired) electrons. The van der Waals surface area contributed by atoms with Gasteiger partial charge in [-0.15, -0.1) is 0 Å². The van der Waals surface area contributed by atoms with Gasteiger partial charge in [0.05, 0.1) is 30.0 Å². The van der Waals surface area contributed by atoms with Crippen molar-refractivity contribution in [2.24, 2.45) is 7.05 Å². The number of rotatable bonds is 4. The first-order valence-corrected chi connectivity index (χ1v) is 8.83. The van der Waals surface area contributed by atoms with Crippen LogP contribution < -0.4 is 0 Å². The maximum Gasteiger partial charge on any atom is 0.0964 e. The van der Waals surface area contributed by atoms with Crippen molar-refractivity contribution in [2.45, 2.75) is 19.9 Å². The third-order valence-corrected chi connectivity index (χ3v) is 5.03. The van der Waals surface area contributed by atoms with Crippen LogP contribution in [0.2, 0.25) is 0 Å². The Morgan fingerprint density at radius 3 is 2.19 bits per heavy atom. The molecule has 2 aromatic carbocycles. The maximum atomic E-state index is 4.79. The Kier molecular flexibility index (Phi) is 4.17. The Bertz CT molecular complexity index is 1010. The largest absolute Gasteiger partial charge is 0.323 e. The summed E-state index contributed by atoms with van der Waals surface area (Å²) in [5.41, 5.74) is 6.72. The third-order valence-electron chi connectivity index (χ3n) is 5.03. The minimum absolute atomic E-state index is 0.177. The van der Waals surface area contributed by atoms with Gasteiger partial charge in [-0.05, 0) is 19.4 Å². The number of hydrogen-bond donors (Lipinski definition) is 0. The van der Waals surface area contributed by atoms with Crippen LogP contribution in [0.5, 0.6) is 0 Å². The van der Waals surface area contributed by atoms with Crippen molar-refractivity contribution in [2.75, 3.05) is 0 Å². The van der Waals surface area contributed by atoms with Crippen LogP contribution >= 0.6 is 0 Å². The number of aromatic nitrogens is 4. The summed E-state index contributed by atoms with van der Waals surface area (Å²) in [6, 6.07) is 21.0. The molecule has 130 valence electrons. The van der Waals surface area contributed by atoms with Crippen molar-refractivity contribution in [3.63, 3.8) is 0 Å². The molecule has 0 spiro atoms. The molecule has 0 aliphatic rings. The Labute approximate surface area is 153 Å². The van der Waals surface area contributed by atoms with Gasteiger partial charge >= 0.3 is 0 Å². The fraction of sp³-hybridized carbons (Fsp3) is 0.182. The molecule has 0 saturated carbocycles. The molecule has 0 aliphatic carbocycles. The fourth-order valence-corrected chi connectivity index (χ4v) is 3.35. The Morgan fingerprint density at radius 1 is 0.923 bits per heavy atom. The summed E-state index contributed by atoms with van der Waals surface area (Å²) in [5, 5.41) is 4.46. The first-order valence-electron chi connectivity index (χ1n) is 8.83. The van der Waals surface area contributed by atoms with E-state index in [0.717, 1.165) is 28.2 Å². The van der Waals surface area contributed by atoms with Gasteiger partial charge in [-0.1, -0.05) is 60.7 Å². The van der Waals surface area contributed by atoms with E-state index in [0.29, 0.717) is 0 Å². The molecule has 0 unspecified atom stereocenters. The van der Waals surface area contributed by atoms with Crippen molar-refractivity contribution in [3.05, 3.63) is 84.4 Å². The van der Waals surface area contributed by atoms with Gasteiger partial charge in [0, 0.05) is 23.9 Å². The van der Waals surface area contributed by atoms with Crippen LogP contribution in [0.3, 0.4) is 0 Å². The van der Waals surface area contributed by atoms with Crippen molar-refractivity contribution >= 4 is 0 Å². The van der Waals surface area contributed by atoms with Crippen LogP contribution in [0.4, 0.5) is 0 Å². The highest BCUT2D eigenvalue weighted by Gasteiger charge is 2.22. The molecule has 2 heterocycles. The van der Waals surface area contributed by atoms with E-state index in [1.165, 1.54) is 5.56 Å². The Morgan fingerprint density at radius 2 is 1.58 bits per heavy atom. The molecule has 0 amide bonds. The quantitative estimate of drug-likeness (QED) is 0.530. The van der Waals surface area contributed by atoms with Gasteiger partial charge in [0.1, 0.15) is 0 Å². The molecular weight excluding hydrogens is 320 g/mol. The predicted octanol–water partition coefficient (Wildman–Crippen LogP) is 4.87. The lowest BCUT2D eigenvalue weighted by atomic mass is 10.0. The van der Waals surface area contributed by atoms with Crippen LogP contribution in [0.25, 0.3) is 22.5 Å². The van der Waals surface area contributed by atoms with E-state index in [4.69, 9.17) is 4.98 Å². The van der Waals surface area contributed by atoms with Gasteiger partial charge < -0.3 is 4.57 Å². The summed E-state index contributed by atoms with van der Waals surface area (Å²) in [6.45, 7) is 4.31.